The molecular weight excluding hydrogens is 304 g/mol. The molecule has 0 aromatic heterocycles. The summed E-state index contributed by atoms with van der Waals surface area (Å²) in [6, 6.07) is 0. The summed E-state index contributed by atoms with van der Waals surface area (Å²) in [5.41, 5.74) is 0. The number of guanidine groups is 1. The zero-order chi connectivity index (χ0) is 17.9. The van der Waals surface area contributed by atoms with Gasteiger partial charge >= 0.3 is 0 Å². The first kappa shape index (κ1) is 20.7. The second-order valence-electron chi connectivity index (χ2n) is 6.81. The van der Waals surface area contributed by atoms with Crippen molar-refractivity contribution in [3.63, 3.8) is 0 Å². The molecular formula is C18H36N4O2. The maximum Gasteiger partial charge on any atom is 0.220 e. The number of hydrogen-bond acceptors (Lipinski definition) is 3. The molecule has 0 aliphatic carbocycles. The smallest absolute Gasteiger partial charge is 0.220 e. The van der Waals surface area contributed by atoms with E-state index < -0.39 is 0 Å². The summed E-state index contributed by atoms with van der Waals surface area (Å²) in [5, 5.41) is 6.18. The summed E-state index contributed by atoms with van der Waals surface area (Å²) in [4.78, 5) is 18.2. The van der Waals surface area contributed by atoms with Crippen molar-refractivity contribution in [2.75, 3.05) is 40.3 Å². The topological polar surface area (TPSA) is 66.0 Å². The van der Waals surface area contributed by atoms with Gasteiger partial charge in [0.05, 0.1) is 6.10 Å². The Hall–Kier alpha value is -1.30. The molecule has 0 spiro atoms. The monoisotopic (exact) mass is 340 g/mol. The number of aliphatic imine (C=N–C) groups is 1. The quantitative estimate of drug-likeness (QED) is 0.523. The van der Waals surface area contributed by atoms with Gasteiger partial charge in [-0.2, -0.15) is 0 Å². The van der Waals surface area contributed by atoms with E-state index in [1.165, 1.54) is 0 Å². The predicted octanol–water partition coefficient (Wildman–Crippen LogP) is 1.86. The van der Waals surface area contributed by atoms with Gasteiger partial charge < -0.3 is 20.3 Å². The molecule has 6 nitrogen and oxygen atoms in total. The van der Waals surface area contributed by atoms with Crippen molar-refractivity contribution in [3.05, 3.63) is 0 Å². The van der Waals surface area contributed by atoms with Crippen molar-refractivity contribution < 1.29 is 9.53 Å². The molecule has 1 saturated heterocycles. The third kappa shape index (κ3) is 7.07. The average molecular weight is 341 g/mol. The van der Waals surface area contributed by atoms with E-state index in [-0.39, 0.29) is 5.91 Å². The van der Waals surface area contributed by atoms with Gasteiger partial charge in [-0.3, -0.25) is 9.79 Å². The van der Waals surface area contributed by atoms with Gasteiger partial charge in [-0.25, -0.2) is 0 Å². The lowest BCUT2D eigenvalue weighted by Gasteiger charge is -2.34. The molecule has 0 bridgehead atoms. The van der Waals surface area contributed by atoms with Gasteiger partial charge in [-0.15, -0.1) is 0 Å². The molecule has 1 atom stereocenters. The van der Waals surface area contributed by atoms with E-state index >= 15 is 0 Å². The van der Waals surface area contributed by atoms with Crippen molar-refractivity contribution in [1.29, 1.82) is 0 Å². The Kier molecular flexibility index (Phi) is 9.76. The highest BCUT2D eigenvalue weighted by atomic mass is 16.5. The molecule has 2 N–H and O–H groups in total. The van der Waals surface area contributed by atoms with Crippen LogP contribution < -0.4 is 10.6 Å². The Balaban J connectivity index is 2.36. The third-order valence-corrected chi connectivity index (χ3v) is 4.72. The van der Waals surface area contributed by atoms with Crippen molar-refractivity contribution >= 4 is 11.9 Å². The largest absolute Gasteiger partial charge is 0.378 e. The number of piperidine rings is 1. The molecule has 0 aromatic rings. The first-order chi connectivity index (χ1) is 11.5. The fraction of sp³-hybridized carbons (Fsp3) is 0.889. The summed E-state index contributed by atoms with van der Waals surface area (Å²) < 4.78 is 5.79. The van der Waals surface area contributed by atoms with Gasteiger partial charge in [0.25, 0.3) is 0 Å². The Morgan fingerprint density at radius 3 is 2.50 bits per heavy atom. The molecule has 140 valence electrons. The maximum absolute atomic E-state index is 11.5. The Labute approximate surface area is 147 Å². The van der Waals surface area contributed by atoms with E-state index in [4.69, 9.17) is 4.74 Å². The second kappa shape index (κ2) is 11.3. The molecule has 0 aromatic carbocycles. The van der Waals surface area contributed by atoms with Crippen molar-refractivity contribution in [1.82, 2.24) is 15.5 Å². The van der Waals surface area contributed by atoms with Crippen LogP contribution in [0.25, 0.3) is 0 Å². The molecule has 0 saturated carbocycles. The number of carbonyl (C=O) groups excluding carboxylic acids is 1. The lowest BCUT2D eigenvalue weighted by atomic mass is 9.93. The minimum Gasteiger partial charge on any atom is -0.378 e. The van der Waals surface area contributed by atoms with Gasteiger partial charge in [0.2, 0.25) is 5.91 Å². The fourth-order valence-electron chi connectivity index (χ4n) is 3.19. The van der Waals surface area contributed by atoms with Crippen molar-refractivity contribution in [2.45, 2.75) is 52.6 Å². The lowest BCUT2D eigenvalue weighted by Crippen LogP contribution is -2.46. The molecule has 0 radical (unpaired) electrons. The predicted molar refractivity (Wildman–Crippen MR) is 99.2 cm³/mol. The number of hydrogen-bond donors (Lipinski definition) is 2. The molecule has 1 rings (SSSR count). The van der Waals surface area contributed by atoms with E-state index in [0.29, 0.717) is 24.4 Å². The average Bonchev–Trinajstić information content (AvgIpc) is 2.58. The molecule has 1 heterocycles. The maximum atomic E-state index is 11.5. The zero-order valence-corrected chi connectivity index (χ0v) is 16.1. The Bertz CT molecular complexity index is 390. The number of ether oxygens (including phenoxy) is 1. The van der Waals surface area contributed by atoms with Gasteiger partial charge in [0.15, 0.2) is 5.96 Å². The molecule has 6 heteroatoms. The van der Waals surface area contributed by atoms with Crippen molar-refractivity contribution in [2.24, 2.45) is 16.8 Å². The van der Waals surface area contributed by atoms with E-state index in [1.807, 2.05) is 14.0 Å². The van der Waals surface area contributed by atoms with E-state index in [0.717, 1.165) is 51.5 Å². The SMILES string of the molecule is CCOC(CCNC(=NC)N1CCC(CC(=O)NC)CC1)C(C)C. The minimum absolute atomic E-state index is 0.145. The van der Waals surface area contributed by atoms with Crippen molar-refractivity contribution in [3.8, 4) is 0 Å². The standard InChI is InChI=1S/C18H36N4O2/c1-6-24-16(14(2)3)7-10-21-18(20-5)22-11-8-15(9-12-22)13-17(23)19-4/h14-16H,6-13H2,1-5H3,(H,19,23)(H,20,21). The number of likely N-dealkylation sites (tertiary alicyclic amines) is 1. The highest BCUT2D eigenvalue weighted by molar-refractivity contribution is 5.80. The van der Waals surface area contributed by atoms with Crippen LogP contribution in [0.2, 0.25) is 0 Å². The van der Waals surface area contributed by atoms with E-state index in [9.17, 15) is 4.79 Å². The Morgan fingerprint density at radius 1 is 1.33 bits per heavy atom. The van der Waals surface area contributed by atoms with Crippen LogP contribution in [0.4, 0.5) is 0 Å². The van der Waals surface area contributed by atoms with Crippen LogP contribution >= 0.6 is 0 Å². The molecule has 1 amide bonds. The van der Waals surface area contributed by atoms with Gasteiger partial charge in [-0.05, 0) is 38.0 Å². The first-order valence-electron chi connectivity index (χ1n) is 9.29. The van der Waals surface area contributed by atoms with Gasteiger partial charge in [-0.1, -0.05) is 13.8 Å². The summed E-state index contributed by atoms with van der Waals surface area (Å²) in [6.45, 7) is 9.99. The highest BCUT2D eigenvalue weighted by Gasteiger charge is 2.23. The van der Waals surface area contributed by atoms with Crippen LogP contribution in [0.3, 0.4) is 0 Å². The molecule has 1 aliphatic rings. The fourth-order valence-corrected chi connectivity index (χ4v) is 3.19. The summed E-state index contributed by atoms with van der Waals surface area (Å²) in [5.74, 6) is 2.12. The molecule has 1 fully saturated rings. The number of amides is 1. The molecule has 1 aliphatic heterocycles. The number of rotatable bonds is 8. The van der Waals surface area contributed by atoms with Crippen LogP contribution in [0.5, 0.6) is 0 Å². The highest BCUT2D eigenvalue weighted by Crippen LogP contribution is 2.20. The number of carbonyl (C=O) groups is 1. The van der Waals surface area contributed by atoms with Crippen LogP contribution in [0.1, 0.15) is 46.5 Å². The van der Waals surface area contributed by atoms with E-state index in [2.05, 4.69) is 34.4 Å². The van der Waals surface area contributed by atoms with Gasteiger partial charge in [0, 0.05) is 46.8 Å². The third-order valence-electron chi connectivity index (χ3n) is 4.72. The van der Waals surface area contributed by atoms with Crippen LogP contribution in [0, 0.1) is 11.8 Å². The summed E-state index contributed by atoms with van der Waals surface area (Å²) in [6.07, 6.45) is 4.00. The van der Waals surface area contributed by atoms with E-state index in [1.54, 1.807) is 7.05 Å². The van der Waals surface area contributed by atoms with Crippen LogP contribution in [-0.4, -0.2) is 63.2 Å². The number of nitrogens with one attached hydrogen (secondary N) is 2. The summed E-state index contributed by atoms with van der Waals surface area (Å²) >= 11 is 0. The second-order valence-corrected chi connectivity index (χ2v) is 6.81. The lowest BCUT2D eigenvalue weighted by molar-refractivity contribution is -0.121. The van der Waals surface area contributed by atoms with Crippen LogP contribution in [0.15, 0.2) is 4.99 Å². The first-order valence-corrected chi connectivity index (χ1v) is 9.29. The normalized spacial score (nSPS) is 17.9. The molecule has 1 unspecified atom stereocenters. The molecule has 24 heavy (non-hydrogen) atoms. The van der Waals surface area contributed by atoms with Gasteiger partial charge in [0.1, 0.15) is 0 Å². The Morgan fingerprint density at radius 2 is 2.00 bits per heavy atom. The van der Waals surface area contributed by atoms with Crippen LogP contribution in [-0.2, 0) is 9.53 Å². The minimum atomic E-state index is 0.145. The summed E-state index contributed by atoms with van der Waals surface area (Å²) in [7, 11) is 3.54. The zero-order valence-electron chi connectivity index (χ0n) is 16.1. The number of nitrogens with zero attached hydrogens (tertiary/aromatic N) is 2.